The highest BCUT2D eigenvalue weighted by molar-refractivity contribution is 5.28. The van der Waals surface area contributed by atoms with Crippen LogP contribution in [-0.2, 0) is 6.18 Å². The zero-order valence-electron chi connectivity index (χ0n) is 10.1. The zero-order valence-corrected chi connectivity index (χ0v) is 10.1. The van der Waals surface area contributed by atoms with E-state index in [1.807, 2.05) is 6.92 Å². The lowest BCUT2D eigenvalue weighted by Gasteiger charge is -2.15. The van der Waals surface area contributed by atoms with Crippen molar-refractivity contribution in [2.75, 3.05) is 0 Å². The number of ether oxygens (including phenoxy) is 1. The molecule has 0 aliphatic carbocycles. The minimum Gasteiger partial charge on any atom is -0.491 e. The van der Waals surface area contributed by atoms with Crippen molar-refractivity contribution in [3.63, 3.8) is 0 Å². The first-order valence-electron chi connectivity index (χ1n) is 5.77. The van der Waals surface area contributed by atoms with Gasteiger partial charge in [-0.2, -0.15) is 13.2 Å². The number of alkyl halides is 3. The first-order chi connectivity index (χ1) is 7.93. The van der Waals surface area contributed by atoms with E-state index in [0.717, 1.165) is 31.4 Å². The van der Waals surface area contributed by atoms with Crippen LogP contribution in [-0.4, -0.2) is 6.10 Å². The van der Waals surface area contributed by atoms with Gasteiger partial charge in [0, 0.05) is 0 Å². The summed E-state index contributed by atoms with van der Waals surface area (Å²) in [5, 5.41) is 0. The topological polar surface area (TPSA) is 9.23 Å². The van der Waals surface area contributed by atoms with Crippen LogP contribution in [0.2, 0.25) is 0 Å². The second-order valence-electron chi connectivity index (χ2n) is 4.09. The fourth-order valence-electron chi connectivity index (χ4n) is 1.51. The molecule has 4 heteroatoms. The maximum absolute atomic E-state index is 12.3. The van der Waals surface area contributed by atoms with E-state index in [1.54, 1.807) is 0 Å². The normalized spacial score (nSPS) is 13.5. The van der Waals surface area contributed by atoms with Gasteiger partial charge in [0.2, 0.25) is 0 Å². The molecule has 0 aromatic heterocycles. The van der Waals surface area contributed by atoms with Crippen LogP contribution in [0.4, 0.5) is 13.2 Å². The van der Waals surface area contributed by atoms with Crippen LogP contribution in [0.15, 0.2) is 24.3 Å². The summed E-state index contributed by atoms with van der Waals surface area (Å²) in [6.45, 7) is 4.01. The molecule has 0 aliphatic rings. The molecule has 0 spiro atoms. The fourth-order valence-corrected chi connectivity index (χ4v) is 1.51. The van der Waals surface area contributed by atoms with Gasteiger partial charge in [-0.15, -0.1) is 0 Å². The molecule has 0 fully saturated rings. The van der Waals surface area contributed by atoms with E-state index < -0.39 is 11.7 Å². The molecule has 1 aromatic rings. The summed E-state index contributed by atoms with van der Waals surface area (Å²) in [5.41, 5.74) is -0.647. The summed E-state index contributed by atoms with van der Waals surface area (Å²) in [6.07, 6.45) is -1.20. The molecule has 0 saturated carbocycles. The van der Waals surface area contributed by atoms with E-state index >= 15 is 0 Å². The highest BCUT2D eigenvalue weighted by Gasteiger charge is 2.30. The third-order valence-corrected chi connectivity index (χ3v) is 2.48. The Morgan fingerprint density at radius 3 is 2.24 bits per heavy atom. The van der Waals surface area contributed by atoms with Crippen LogP contribution < -0.4 is 4.74 Å². The summed E-state index contributed by atoms with van der Waals surface area (Å²) in [4.78, 5) is 0. The van der Waals surface area contributed by atoms with E-state index in [-0.39, 0.29) is 6.10 Å². The highest BCUT2D eigenvalue weighted by atomic mass is 19.4. The number of hydrogen-bond donors (Lipinski definition) is 0. The van der Waals surface area contributed by atoms with Crippen molar-refractivity contribution in [1.82, 2.24) is 0 Å². The van der Waals surface area contributed by atoms with Crippen LogP contribution >= 0.6 is 0 Å². The Kier molecular flexibility index (Phi) is 4.85. The molecule has 0 heterocycles. The third kappa shape index (κ3) is 4.67. The van der Waals surface area contributed by atoms with Crippen molar-refractivity contribution in [1.29, 1.82) is 0 Å². The molecule has 1 rings (SSSR count). The van der Waals surface area contributed by atoms with Crippen LogP contribution in [0.1, 0.15) is 38.7 Å². The van der Waals surface area contributed by atoms with Crippen molar-refractivity contribution < 1.29 is 17.9 Å². The molecule has 1 nitrogen and oxygen atoms in total. The quantitative estimate of drug-likeness (QED) is 0.734. The van der Waals surface area contributed by atoms with E-state index in [2.05, 4.69) is 6.92 Å². The fraction of sp³-hybridized carbons (Fsp3) is 0.538. The van der Waals surface area contributed by atoms with Gasteiger partial charge in [0.15, 0.2) is 0 Å². The van der Waals surface area contributed by atoms with E-state index in [1.165, 1.54) is 12.1 Å². The SMILES string of the molecule is CCCCC(C)Oc1ccc(C(F)(F)F)cc1. The standard InChI is InChI=1S/C13H17F3O/c1-3-4-5-10(2)17-12-8-6-11(7-9-12)13(14,15)16/h6-10H,3-5H2,1-2H3. The molecule has 0 radical (unpaired) electrons. The van der Waals surface area contributed by atoms with Crippen LogP contribution in [0.3, 0.4) is 0 Å². The molecule has 17 heavy (non-hydrogen) atoms. The number of unbranched alkanes of at least 4 members (excludes halogenated alkanes) is 1. The van der Waals surface area contributed by atoms with Gasteiger partial charge < -0.3 is 4.74 Å². The predicted molar refractivity (Wildman–Crippen MR) is 61.1 cm³/mol. The Morgan fingerprint density at radius 2 is 1.76 bits per heavy atom. The van der Waals surface area contributed by atoms with Gasteiger partial charge in [-0.25, -0.2) is 0 Å². The molecular weight excluding hydrogens is 229 g/mol. The maximum atomic E-state index is 12.3. The molecule has 1 aromatic carbocycles. The Morgan fingerprint density at radius 1 is 1.18 bits per heavy atom. The van der Waals surface area contributed by atoms with Crippen LogP contribution in [0, 0.1) is 0 Å². The van der Waals surface area contributed by atoms with Crippen molar-refractivity contribution in [2.45, 2.75) is 45.4 Å². The molecule has 0 saturated heterocycles. The van der Waals surface area contributed by atoms with Gasteiger partial charge in [0.1, 0.15) is 5.75 Å². The summed E-state index contributed by atoms with van der Waals surface area (Å²) in [6, 6.07) is 4.82. The van der Waals surface area contributed by atoms with E-state index in [9.17, 15) is 13.2 Å². The molecule has 0 N–H and O–H groups in total. The number of hydrogen-bond acceptors (Lipinski definition) is 1. The van der Waals surface area contributed by atoms with Crippen molar-refractivity contribution >= 4 is 0 Å². The van der Waals surface area contributed by atoms with Gasteiger partial charge in [0.05, 0.1) is 11.7 Å². The summed E-state index contributed by atoms with van der Waals surface area (Å²) in [5.74, 6) is 0.488. The number of benzene rings is 1. The maximum Gasteiger partial charge on any atom is 0.416 e. The lowest BCUT2D eigenvalue weighted by Crippen LogP contribution is -2.11. The van der Waals surface area contributed by atoms with Gasteiger partial charge >= 0.3 is 6.18 Å². The second kappa shape index (κ2) is 5.94. The van der Waals surface area contributed by atoms with E-state index in [4.69, 9.17) is 4.74 Å². The largest absolute Gasteiger partial charge is 0.491 e. The van der Waals surface area contributed by atoms with Gasteiger partial charge in [-0.3, -0.25) is 0 Å². The van der Waals surface area contributed by atoms with Crippen molar-refractivity contribution in [2.24, 2.45) is 0 Å². The van der Waals surface area contributed by atoms with Crippen LogP contribution in [0.5, 0.6) is 5.75 Å². The molecule has 0 bridgehead atoms. The molecule has 96 valence electrons. The Hall–Kier alpha value is -1.19. The van der Waals surface area contributed by atoms with Crippen molar-refractivity contribution in [3.8, 4) is 5.75 Å². The second-order valence-corrected chi connectivity index (χ2v) is 4.09. The average Bonchev–Trinajstić information content (AvgIpc) is 2.26. The molecule has 0 amide bonds. The Balaban J connectivity index is 2.56. The van der Waals surface area contributed by atoms with Crippen molar-refractivity contribution in [3.05, 3.63) is 29.8 Å². The number of rotatable bonds is 5. The third-order valence-electron chi connectivity index (χ3n) is 2.48. The summed E-state index contributed by atoms with van der Waals surface area (Å²) in [7, 11) is 0. The summed E-state index contributed by atoms with van der Waals surface area (Å²) >= 11 is 0. The molecular formula is C13H17F3O. The first-order valence-corrected chi connectivity index (χ1v) is 5.77. The van der Waals surface area contributed by atoms with Gasteiger partial charge in [-0.1, -0.05) is 19.8 Å². The highest BCUT2D eigenvalue weighted by Crippen LogP contribution is 2.30. The first kappa shape index (κ1) is 13.9. The van der Waals surface area contributed by atoms with E-state index in [0.29, 0.717) is 5.75 Å². The smallest absolute Gasteiger partial charge is 0.416 e. The average molecular weight is 246 g/mol. The lowest BCUT2D eigenvalue weighted by molar-refractivity contribution is -0.137. The molecule has 1 unspecified atom stereocenters. The Labute approximate surface area is 99.6 Å². The monoisotopic (exact) mass is 246 g/mol. The summed E-state index contributed by atoms with van der Waals surface area (Å²) < 4.78 is 42.4. The van der Waals surface area contributed by atoms with Gasteiger partial charge in [-0.05, 0) is 37.6 Å². The number of halogens is 3. The zero-order chi connectivity index (χ0) is 12.9. The minimum absolute atomic E-state index is 0.0340. The lowest BCUT2D eigenvalue weighted by atomic mass is 10.2. The minimum atomic E-state index is -4.29. The van der Waals surface area contributed by atoms with Gasteiger partial charge in [0.25, 0.3) is 0 Å². The Bertz CT molecular complexity index is 330. The molecule has 0 aliphatic heterocycles. The molecule has 1 atom stereocenters. The van der Waals surface area contributed by atoms with Crippen LogP contribution in [0.25, 0.3) is 0 Å². The predicted octanol–water partition coefficient (Wildman–Crippen LogP) is 4.66.